The van der Waals surface area contributed by atoms with E-state index in [-0.39, 0.29) is 5.82 Å². The summed E-state index contributed by atoms with van der Waals surface area (Å²) in [7, 11) is 1.56. The Bertz CT molecular complexity index is 574. The molecule has 0 spiro atoms. The SMILES string of the molecule is COc1ccc(F)cc1C(N)c1ccccc1SC. The number of rotatable bonds is 4. The fourth-order valence-electron chi connectivity index (χ4n) is 2.04. The number of hydrogen-bond donors (Lipinski definition) is 1. The van der Waals surface area contributed by atoms with Gasteiger partial charge in [0.05, 0.1) is 13.2 Å². The van der Waals surface area contributed by atoms with Crippen LogP contribution < -0.4 is 10.5 Å². The average Bonchev–Trinajstić information content (AvgIpc) is 2.46. The van der Waals surface area contributed by atoms with Gasteiger partial charge in [0.25, 0.3) is 0 Å². The number of nitrogens with two attached hydrogens (primary N) is 1. The van der Waals surface area contributed by atoms with Gasteiger partial charge < -0.3 is 10.5 Å². The molecule has 2 N–H and O–H groups in total. The molecule has 0 aromatic heterocycles. The molecule has 100 valence electrons. The maximum Gasteiger partial charge on any atom is 0.124 e. The molecule has 0 saturated heterocycles. The zero-order chi connectivity index (χ0) is 13.8. The first-order chi connectivity index (χ1) is 9.17. The summed E-state index contributed by atoms with van der Waals surface area (Å²) in [6.45, 7) is 0. The van der Waals surface area contributed by atoms with E-state index in [4.69, 9.17) is 10.5 Å². The quantitative estimate of drug-likeness (QED) is 0.867. The minimum atomic E-state index is -0.408. The van der Waals surface area contributed by atoms with Crippen LogP contribution in [0, 0.1) is 5.82 Å². The van der Waals surface area contributed by atoms with Crippen molar-refractivity contribution in [2.24, 2.45) is 5.73 Å². The Labute approximate surface area is 116 Å². The van der Waals surface area contributed by atoms with E-state index in [0.717, 1.165) is 10.5 Å². The van der Waals surface area contributed by atoms with Crippen molar-refractivity contribution < 1.29 is 9.13 Å². The van der Waals surface area contributed by atoms with Gasteiger partial charge in [-0.15, -0.1) is 11.8 Å². The Balaban J connectivity index is 2.49. The van der Waals surface area contributed by atoms with Gasteiger partial charge in [-0.1, -0.05) is 18.2 Å². The van der Waals surface area contributed by atoms with Crippen molar-refractivity contribution in [3.8, 4) is 5.75 Å². The maximum atomic E-state index is 13.4. The van der Waals surface area contributed by atoms with Crippen LogP contribution in [0.25, 0.3) is 0 Å². The highest BCUT2D eigenvalue weighted by Gasteiger charge is 2.17. The second-order valence-corrected chi connectivity index (χ2v) is 4.95. The van der Waals surface area contributed by atoms with Gasteiger partial charge in [-0.2, -0.15) is 0 Å². The van der Waals surface area contributed by atoms with Crippen LogP contribution in [-0.4, -0.2) is 13.4 Å². The standard InChI is InChI=1S/C15H16FNOS/c1-18-13-8-7-10(16)9-12(13)15(17)11-5-3-4-6-14(11)19-2/h3-9,15H,17H2,1-2H3. The molecular formula is C15H16FNOS. The molecule has 0 radical (unpaired) electrons. The lowest BCUT2D eigenvalue weighted by Gasteiger charge is -2.18. The molecule has 2 aromatic rings. The average molecular weight is 277 g/mol. The molecule has 4 heteroatoms. The van der Waals surface area contributed by atoms with E-state index in [1.54, 1.807) is 24.9 Å². The molecule has 2 aromatic carbocycles. The summed E-state index contributed by atoms with van der Waals surface area (Å²) in [5, 5.41) is 0. The molecule has 19 heavy (non-hydrogen) atoms. The largest absolute Gasteiger partial charge is 0.496 e. The normalized spacial score (nSPS) is 12.2. The fraction of sp³-hybridized carbons (Fsp3) is 0.200. The zero-order valence-electron chi connectivity index (χ0n) is 10.9. The van der Waals surface area contributed by atoms with Gasteiger partial charge in [-0.3, -0.25) is 0 Å². The van der Waals surface area contributed by atoms with Gasteiger partial charge in [0.15, 0.2) is 0 Å². The topological polar surface area (TPSA) is 35.2 Å². The molecule has 2 rings (SSSR count). The molecule has 1 unspecified atom stereocenters. The number of hydrogen-bond acceptors (Lipinski definition) is 3. The fourth-order valence-corrected chi connectivity index (χ4v) is 2.68. The van der Waals surface area contributed by atoms with Gasteiger partial charge in [0, 0.05) is 10.5 Å². The summed E-state index contributed by atoms with van der Waals surface area (Å²) in [6, 6.07) is 11.9. The molecule has 0 aliphatic heterocycles. The van der Waals surface area contributed by atoms with E-state index in [0.29, 0.717) is 11.3 Å². The van der Waals surface area contributed by atoms with Crippen LogP contribution in [0.1, 0.15) is 17.2 Å². The number of ether oxygens (including phenoxy) is 1. The van der Waals surface area contributed by atoms with Crippen molar-refractivity contribution in [2.75, 3.05) is 13.4 Å². The summed E-state index contributed by atoms with van der Waals surface area (Å²) in [6.07, 6.45) is 1.99. The molecule has 1 atom stereocenters. The number of methoxy groups -OCH3 is 1. The summed E-state index contributed by atoms with van der Waals surface area (Å²) in [5.74, 6) is 0.290. The van der Waals surface area contributed by atoms with E-state index in [1.807, 2.05) is 30.5 Å². The second kappa shape index (κ2) is 6.08. The first kappa shape index (κ1) is 13.9. The van der Waals surface area contributed by atoms with Crippen molar-refractivity contribution in [2.45, 2.75) is 10.9 Å². The summed E-state index contributed by atoms with van der Waals surface area (Å²) >= 11 is 1.62. The zero-order valence-corrected chi connectivity index (χ0v) is 11.7. The highest BCUT2D eigenvalue weighted by atomic mass is 32.2. The number of benzene rings is 2. The maximum absolute atomic E-state index is 13.4. The van der Waals surface area contributed by atoms with Crippen molar-refractivity contribution in [3.05, 3.63) is 59.4 Å². The van der Waals surface area contributed by atoms with Crippen LogP contribution >= 0.6 is 11.8 Å². The van der Waals surface area contributed by atoms with Crippen molar-refractivity contribution in [1.82, 2.24) is 0 Å². The lowest BCUT2D eigenvalue weighted by atomic mass is 9.98. The van der Waals surface area contributed by atoms with Crippen molar-refractivity contribution in [3.63, 3.8) is 0 Å². The van der Waals surface area contributed by atoms with Crippen LogP contribution in [0.15, 0.2) is 47.4 Å². The first-order valence-electron chi connectivity index (χ1n) is 5.89. The van der Waals surface area contributed by atoms with Crippen LogP contribution in [-0.2, 0) is 0 Å². The third-order valence-corrected chi connectivity index (χ3v) is 3.81. The van der Waals surface area contributed by atoms with Gasteiger partial charge >= 0.3 is 0 Å². The summed E-state index contributed by atoms with van der Waals surface area (Å²) in [5.41, 5.74) is 7.91. The molecule has 2 nitrogen and oxygen atoms in total. The predicted molar refractivity (Wildman–Crippen MR) is 77.2 cm³/mol. The lowest BCUT2D eigenvalue weighted by molar-refractivity contribution is 0.406. The number of halogens is 1. The van der Waals surface area contributed by atoms with E-state index < -0.39 is 6.04 Å². The Kier molecular flexibility index (Phi) is 4.45. The van der Waals surface area contributed by atoms with E-state index >= 15 is 0 Å². The molecule has 0 saturated carbocycles. The molecular weight excluding hydrogens is 261 g/mol. The molecule has 0 aliphatic rings. The highest BCUT2D eigenvalue weighted by molar-refractivity contribution is 7.98. The van der Waals surface area contributed by atoms with Gasteiger partial charge in [0.1, 0.15) is 11.6 Å². The highest BCUT2D eigenvalue weighted by Crippen LogP contribution is 2.33. The first-order valence-corrected chi connectivity index (χ1v) is 7.11. The Morgan fingerprint density at radius 3 is 2.58 bits per heavy atom. The van der Waals surface area contributed by atoms with Gasteiger partial charge in [-0.05, 0) is 36.1 Å². The minimum absolute atomic E-state index is 0.312. The van der Waals surface area contributed by atoms with Crippen molar-refractivity contribution in [1.29, 1.82) is 0 Å². The monoisotopic (exact) mass is 277 g/mol. The molecule has 0 fully saturated rings. The number of thioether (sulfide) groups is 1. The van der Waals surface area contributed by atoms with Gasteiger partial charge in [-0.25, -0.2) is 4.39 Å². The smallest absolute Gasteiger partial charge is 0.124 e. The van der Waals surface area contributed by atoms with Gasteiger partial charge in [0.2, 0.25) is 0 Å². The second-order valence-electron chi connectivity index (χ2n) is 4.11. The van der Waals surface area contributed by atoms with E-state index in [9.17, 15) is 4.39 Å². The predicted octanol–water partition coefficient (Wildman–Crippen LogP) is 3.60. The molecule has 0 bridgehead atoms. The Hall–Kier alpha value is -1.52. The van der Waals surface area contributed by atoms with Crippen LogP contribution in [0.5, 0.6) is 5.75 Å². The van der Waals surface area contributed by atoms with Crippen LogP contribution in [0.2, 0.25) is 0 Å². The van der Waals surface area contributed by atoms with E-state index in [1.165, 1.54) is 12.1 Å². The molecule has 0 amide bonds. The third-order valence-electron chi connectivity index (χ3n) is 3.00. The molecule has 0 heterocycles. The lowest BCUT2D eigenvalue weighted by Crippen LogP contribution is -2.14. The van der Waals surface area contributed by atoms with E-state index in [2.05, 4.69) is 0 Å². The summed E-state index contributed by atoms with van der Waals surface area (Å²) in [4.78, 5) is 1.08. The molecule has 0 aliphatic carbocycles. The van der Waals surface area contributed by atoms with Crippen LogP contribution in [0.4, 0.5) is 4.39 Å². The third kappa shape index (κ3) is 2.91. The van der Waals surface area contributed by atoms with Crippen LogP contribution in [0.3, 0.4) is 0 Å². The minimum Gasteiger partial charge on any atom is -0.496 e. The van der Waals surface area contributed by atoms with Crippen molar-refractivity contribution >= 4 is 11.8 Å². The Morgan fingerprint density at radius 1 is 1.16 bits per heavy atom. The summed E-state index contributed by atoms with van der Waals surface area (Å²) < 4.78 is 18.7. The Morgan fingerprint density at radius 2 is 1.89 bits per heavy atom.